The van der Waals surface area contributed by atoms with Crippen LogP contribution in [-0.4, -0.2) is 35.2 Å². The highest BCUT2D eigenvalue weighted by Gasteiger charge is 2.56. The number of nitrogens with zero attached hydrogens (tertiary/aromatic N) is 1. The van der Waals surface area contributed by atoms with Crippen molar-refractivity contribution in [2.75, 3.05) is 13.1 Å². The van der Waals surface area contributed by atoms with Crippen LogP contribution in [0.3, 0.4) is 0 Å². The number of benzene rings is 2. The van der Waals surface area contributed by atoms with Gasteiger partial charge in [-0.15, -0.1) is 12.4 Å². The largest absolute Gasteiger partial charge is 0.508 e. The molecule has 3 atom stereocenters. The average molecular weight is 416 g/mol. The summed E-state index contributed by atoms with van der Waals surface area (Å²) in [5.41, 5.74) is 3.92. The molecule has 3 nitrogen and oxygen atoms in total. The van der Waals surface area contributed by atoms with E-state index in [1.165, 1.54) is 17.5 Å². The Labute approximate surface area is 181 Å². The van der Waals surface area contributed by atoms with Gasteiger partial charge in [-0.1, -0.05) is 63.2 Å². The van der Waals surface area contributed by atoms with Gasteiger partial charge >= 0.3 is 0 Å². The standard InChI is InChI=1S/C25H33NO2.ClH/c1-18(28-17-19-9-6-5-7-10-19)16-26-14-13-25(4)23(26)15-20-21(24(25,2)3)11-8-12-22(20)27;/h5-12,18,23,27H,13-17H2,1-4H3;1H/t18-,23-,25+;/m0./s1. The number of ether oxygens (including phenoxy) is 1. The smallest absolute Gasteiger partial charge is 0.119 e. The SMILES string of the molecule is C[C@@H](CN1CC[C@]2(C)[C@@H]1Cc1c(O)cccc1C2(C)C)OCc1ccccc1.Cl. The molecule has 29 heavy (non-hydrogen) atoms. The summed E-state index contributed by atoms with van der Waals surface area (Å²) in [6.07, 6.45) is 2.29. The number of fused-ring (bicyclic) bond motifs is 2. The van der Waals surface area contributed by atoms with Gasteiger partial charge in [-0.2, -0.15) is 0 Å². The van der Waals surface area contributed by atoms with E-state index in [2.05, 4.69) is 62.9 Å². The molecule has 1 aliphatic heterocycles. The summed E-state index contributed by atoms with van der Waals surface area (Å²) in [6.45, 7) is 12.0. The number of hydrogen-bond donors (Lipinski definition) is 1. The summed E-state index contributed by atoms with van der Waals surface area (Å²) in [5, 5.41) is 10.5. The fraction of sp³-hybridized carbons (Fsp3) is 0.520. The zero-order chi connectivity index (χ0) is 19.9. The molecule has 0 radical (unpaired) electrons. The van der Waals surface area contributed by atoms with Crippen molar-refractivity contribution < 1.29 is 9.84 Å². The number of likely N-dealkylation sites (tertiary alicyclic amines) is 1. The lowest BCUT2D eigenvalue weighted by atomic mass is 9.54. The molecule has 158 valence electrons. The van der Waals surface area contributed by atoms with Crippen molar-refractivity contribution in [1.82, 2.24) is 4.90 Å². The number of aromatic hydroxyl groups is 1. The van der Waals surface area contributed by atoms with Gasteiger partial charge in [0.05, 0.1) is 12.7 Å². The third-order valence-corrected chi connectivity index (χ3v) is 7.61. The van der Waals surface area contributed by atoms with E-state index in [4.69, 9.17) is 4.74 Å². The van der Waals surface area contributed by atoms with Crippen molar-refractivity contribution in [1.29, 1.82) is 0 Å². The van der Waals surface area contributed by atoms with E-state index in [9.17, 15) is 5.11 Å². The van der Waals surface area contributed by atoms with Gasteiger partial charge in [0.2, 0.25) is 0 Å². The van der Waals surface area contributed by atoms with Crippen molar-refractivity contribution >= 4 is 12.4 Å². The number of hydrogen-bond acceptors (Lipinski definition) is 3. The predicted molar refractivity (Wildman–Crippen MR) is 121 cm³/mol. The zero-order valence-corrected chi connectivity index (χ0v) is 18.8. The van der Waals surface area contributed by atoms with Gasteiger partial charge in [0.1, 0.15) is 5.75 Å². The first-order chi connectivity index (χ1) is 13.3. The van der Waals surface area contributed by atoms with Crippen LogP contribution in [0.15, 0.2) is 48.5 Å². The van der Waals surface area contributed by atoms with Crippen molar-refractivity contribution in [3.8, 4) is 5.75 Å². The quantitative estimate of drug-likeness (QED) is 0.715. The summed E-state index contributed by atoms with van der Waals surface area (Å²) < 4.78 is 6.16. The molecule has 1 aliphatic carbocycles. The molecule has 4 rings (SSSR count). The van der Waals surface area contributed by atoms with E-state index in [0.717, 1.165) is 25.1 Å². The molecular weight excluding hydrogens is 382 g/mol. The van der Waals surface area contributed by atoms with Crippen LogP contribution in [0.4, 0.5) is 0 Å². The Bertz CT molecular complexity index is 838. The van der Waals surface area contributed by atoms with Crippen LogP contribution in [0.2, 0.25) is 0 Å². The first kappa shape index (κ1) is 22.1. The van der Waals surface area contributed by atoms with Crippen LogP contribution in [0.25, 0.3) is 0 Å². The monoisotopic (exact) mass is 415 g/mol. The van der Waals surface area contributed by atoms with Gasteiger partial charge in [0.25, 0.3) is 0 Å². The predicted octanol–water partition coefficient (Wildman–Crippen LogP) is 5.33. The normalized spacial score (nSPS) is 26.3. The lowest BCUT2D eigenvalue weighted by Gasteiger charge is -2.52. The van der Waals surface area contributed by atoms with E-state index in [1.807, 2.05) is 18.2 Å². The summed E-state index contributed by atoms with van der Waals surface area (Å²) in [5.74, 6) is 0.452. The summed E-state index contributed by atoms with van der Waals surface area (Å²) in [4.78, 5) is 2.60. The minimum absolute atomic E-state index is 0. The Morgan fingerprint density at radius 3 is 2.55 bits per heavy atom. The minimum Gasteiger partial charge on any atom is -0.508 e. The summed E-state index contributed by atoms with van der Waals surface area (Å²) >= 11 is 0. The highest BCUT2D eigenvalue weighted by atomic mass is 35.5. The van der Waals surface area contributed by atoms with E-state index in [-0.39, 0.29) is 29.3 Å². The van der Waals surface area contributed by atoms with E-state index >= 15 is 0 Å². The maximum Gasteiger partial charge on any atom is 0.119 e. The Kier molecular flexibility index (Phi) is 6.33. The van der Waals surface area contributed by atoms with Gasteiger partial charge in [0, 0.05) is 12.6 Å². The average Bonchev–Trinajstić information content (AvgIpc) is 3.00. The highest BCUT2D eigenvalue weighted by molar-refractivity contribution is 5.85. The molecule has 0 bridgehead atoms. The van der Waals surface area contributed by atoms with Gasteiger partial charge in [-0.3, -0.25) is 4.90 Å². The molecule has 1 saturated heterocycles. The van der Waals surface area contributed by atoms with Gasteiger partial charge in [0.15, 0.2) is 0 Å². The van der Waals surface area contributed by atoms with Crippen molar-refractivity contribution in [3.05, 3.63) is 65.2 Å². The van der Waals surface area contributed by atoms with Gasteiger partial charge in [-0.25, -0.2) is 0 Å². The maximum atomic E-state index is 10.5. The molecule has 0 spiro atoms. The molecule has 0 amide bonds. The van der Waals surface area contributed by atoms with Crippen LogP contribution in [-0.2, 0) is 23.2 Å². The molecule has 0 unspecified atom stereocenters. The second kappa shape index (κ2) is 8.29. The number of phenols is 1. The lowest BCUT2D eigenvalue weighted by Crippen LogP contribution is -2.54. The van der Waals surface area contributed by atoms with Crippen molar-refractivity contribution in [2.45, 2.75) is 64.7 Å². The topological polar surface area (TPSA) is 32.7 Å². The van der Waals surface area contributed by atoms with E-state index in [0.29, 0.717) is 18.4 Å². The van der Waals surface area contributed by atoms with Gasteiger partial charge in [-0.05, 0) is 59.9 Å². The summed E-state index contributed by atoms with van der Waals surface area (Å²) in [6, 6.07) is 16.9. The maximum absolute atomic E-state index is 10.5. The fourth-order valence-electron chi connectivity index (χ4n) is 5.47. The molecule has 4 heteroatoms. The molecule has 1 fully saturated rings. The van der Waals surface area contributed by atoms with Crippen molar-refractivity contribution in [3.63, 3.8) is 0 Å². The molecule has 1 heterocycles. The molecule has 2 aromatic carbocycles. The first-order valence-corrected chi connectivity index (χ1v) is 10.5. The minimum atomic E-state index is 0. The molecule has 2 aromatic rings. The molecule has 1 N–H and O–H groups in total. The first-order valence-electron chi connectivity index (χ1n) is 10.5. The molecule has 0 aromatic heterocycles. The van der Waals surface area contributed by atoms with Crippen LogP contribution in [0, 0.1) is 5.41 Å². The van der Waals surface area contributed by atoms with E-state index in [1.54, 1.807) is 0 Å². The second-order valence-electron chi connectivity index (χ2n) is 9.42. The lowest BCUT2D eigenvalue weighted by molar-refractivity contribution is 0.00734. The van der Waals surface area contributed by atoms with E-state index < -0.39 is 0 Å². The Balaban J connectivity index is 0.00000240. The third kappa shape index (κ3) is 3.81. The molecule has 2 aliphatic rings. The number of rotatable bonds is 5. The molecular formula is C25H34ClNO2. The highest BCUT2D eigenvalue weighted by Crippen LogP contribution is 2.57. The molecule has 0 saturated carbocycles. The number of halogens is 1. The Hall–Kier alpha value is -1.55. The number of phenolic OH excluding ortho intramolecular Hbond substituents is 1. The summed E-state index contributed by atoms with van der Waals surface area (Å²) in [7, 11) is 0. The van der Waals surface area contributed by atoms with Crippen LogP contribution in [0.1, 0.15) is 50.8 Å². The van der Waals surface area contributed by atoms with Crippen LogP contribution in [0.5, 0.6) is 5.75 Å². The van der Waals surface area contributed by atoms with Crippen LogP contribution >= 0.6 is 12.4 Å². The Morgan fingerprint density at radius 2 is 1.83 bits per heavy atom. The van der Waals surface area contributed by atoms with Crippen LogP contribution < -0.4 is 0 Å². The zero-order valence-electron chi connectivity index (χ0n) is 18.0. The van der Waals surface area contributed by atoms with Gasteiger partial charge < -0.3 is 9.84 Å². The Morgan fingerprint density at radius 1 is 1.10 bits per heavy atom. The second-order valence-corrected chi connectivity index (χ2v) is 9.42. The fourth-order valence-corrected chi connectivity index (χ4v) is 5.47. The van der Waals surface area contributed by atoms with Crippen molar-refractivity contribution in [2.24, 2.45) is 5.41 Å². The third-order valence-electron chi connectivity index (χ3n) is 7.61.